The third-order valence-electron chi connectivity index (χ3n) is 3.92. The zero-order chi connectivity index (χ0) is 14.5. The van der Waals surface area contributed by atoms with Crippen molar-refractivity contribution in [2.75, 3.05) is 31.7 Å². The molecule has 21 heavy (non-hydrogen) atoms. The van der Waals surface area contributed by atoms with E-state index in [0.717, 1.165) is 32.8 Å². The first-order valence-electron chi connectivity index (χ1n) is 7.45. The van der Waals surface area contributed by atoms with Gasteiger partial charge in [0.1, 0.15) is 0 Å². The van der Waals surface area contributed by atoms with Crippen molar-refractivity contribution in [3.63, 3.8) is 0 Å². The predicted molar refractivity (Wildman–Crippen MR) is 89.1 cm³/mol. The van der Waals surface area contributed by atoms with E-state index in [1.54, 1.807) is 12.0 Å². The van der Waals surface area contributed by atoms with E-state index in [4.69, 9.17) is 4.74 Å². The molecule has 0 bridgehead atoms. The summed E-state index contributed by atoms with van der Waals surface area (Å²) in [6.07, 6.45) is 1.17. The monoisotopic (exact) mass is 302 g/mol. The van der Waals surface area contributed by atoms with Gasteiger partial charge in [-0.2, -0.15) is 0 Å². The number of ether oxygens (including phenoxy) is 1. The highest BCUT2D eigenvalue weighted by atomic mass is 32.1. The Labute approximate surface area is 130 Å². The molecule has 3 rings (SSSR count). The Kier molecular flexibility index (Phi) is 4.91. The van der Waals surface area contributed by atoms with Crippen LogP contribution >= 0.6 is 11.3 Å². The van der Waals surface area contributed by atoms with E-state index in [9.17, 15) is 0 Å². The van der Waals surface area contributed by atoms with Crippen molar-refractivity contribution in [3.05, 3.63) is 51.7 Å². The van der Waals surface area contributed by atoms with Crippen LogP contribution in [-0.4, -0.2) is 26.8 Å². The second-order valence-electron chi connectivity index (χ2n) is 5.38. The molecule has 0 saturated heterocycles. The van der Waals surface area contributed by atoms with E-state index in [0.29, 0.717) is 0 Å². The van der Waals surface area contributed by atoms with Gasteiger partial charge in [-0.25, -0.2) is 0 Å². The minimum absolute atomic E-state index is 0.759. The van der Waals surface area contributed by atoms with Crippen molar-refractivity contribution in [2.24, 2.45) is 0 Å². The molecule has 0 spiro atoms. The summed E-state index contributed by atoms with van der Waals surface area (Å²) in [7, 11) is 1.73. The molecule has 0 aliphatic carbocycles. The van der Waals surface area contributed by atoms with Crippen molar-refractivity contribution in [2.45, 2.75) is 19.5 Å². The molecule has 1 N–H and O–H groups in total. The van der Waals surface area contributed by atoms with Crippen molar-refractivity contribution < 1.29 is 4.74 Å². The number of rotatable bonds is 6. The van der Waals surface area contributed by atoms with Crippen LogP contribution in [0, 0.1) is 0 Å². The first-order chi connectivity index (χ1) is 10.4. The zero-order valence-electron chi connectivity index (χ0n) is 12.5. The van der Waals surface area contributed by atoms with Crippen LogP contribution in [0.25, 0.3) is 0 Å². The molecule has 0 unspecified atom stereocenters. The van der Waals surface area contributed by atoms with Gasteiger partial charge in [0, 0.05) is 43.9 Å². The van der Waals surface area contributed by atoms with Gasteiger partial charge in [-0.3, -0.25) is 0 Å². The molecule has 3 nitrogen and oxygen atoms in total. The largest absolute Gasteiger partial charge is 0.383 e. The Bertz CT molecular complexity index is 564. The van der Waals surface area contributed by atoms with E-state index in [2.05, 4.69) is 45.9 Å². The number of fused-ring (bicyclic) bond motifs is 1. The van der Waals surface area contributed by atoms with Gasteiger partial charge in [0.25, 0.3) is 0 Å². The average Bonchev–Trinajstić information content (AvgIpc) is 3.00. The molecule has 2 aromatic rings. The molecule has 1 aromatic carbocycles. The van der Waals surface area contributed by atoms with Crippen molar-refractivity contribution in [3.8, 4) is 0 Å². The maximum atomic E-state index is 5.03. The maximum absolute atomic E-state index is 5.03. The summed E-state index contributed by atoms with van der Waals surface area (Å²) >= 11 is 1.89. The minimum Gasteiger partial charge on any atom is -0.383 e. The van der Waals surface area contributed by atoms with Crippen LogP contribution < -0.4 is 10.2 Å². The van der Waals surface area contributed by atoms with Gasteiger partial charge in [-0.15, -0.1) is 11.3 Å². The quantitative estimate of drug-likeness (QED) is 0.830. The zero-order valence-corrected chi connectivity index (χ0v) is 13.3. The molecule has 1 aliphatic rings. The third-order valence-corrected chi connectivity index (χ3v) is 4.94. The topological polar surface area (TPSA) is 24.5 Å². The summed E-state index contributed by atoms with van der Waals surface area (Å²) in [5, 5.41) is 5.59. The third kappa shape index (κ3) is 3.64. The molecule has 2 heterocycles. The fraction of sp³-hybridized carbons (Fsp3) is 0.412. The Morgan fingerprint density at radius 3 is 2.90 bits per heavy atom. The Hall–Kier alpha value is -1.36. The van der Waals surface area contributed by atoms with Gasteiger partial charge in [0.05, 0.1) is 6.61 Å². The molecule has 0 atom stereocenters. The summed E-state index contributed by atoms with van der Waals surface area (Å²) in [5.41, 5.74) is 4.15. The molecule has 0 amide bonds. The van der Waals surface area contributed by atoms with E-state index in [1.165, 1.54) is 23.2 Å². The van der Waals surface area contributed by atoms with Crippen LogP contribution in [0.15, 0.2) is 35.7 Å². The Morgan fingerprint density at radius 2 is 2.10 bits per heavy atom. The number of nitrogens with one attached hydrogen (secondary N) is 1. The Balaban J connectivity index is 1.57. The lowest BCUT2D eigenvalue weighted by Crippen LogP contribution is -2.29. The highest BCUT2D eigenvalue weighted by Crippen LogP contribution is 2.27. The lowest BCUT2D eigenvalue weighted by atomic mass is 10.1. The van der Waals surface area contributed by atoms with Crippen LogP contribution in [-0.2, 0) is 24.2 Å². The van der Waals surface area contributed by atoms with Crippen LogP contribution in [0.2, 0.25) is 0 Å². The summed E-state index contributed by atoms with van der Waals surface area (Å²) in [6.45, 7) is 4.72. The number of anilines is 1. The number of hydrogen-bond acceptors (Lipinski definition) is 4. The second-order valence-corrected chi connectivity index (χ2v) is 6.38. The highest BCUT2D eigenvalue weighted by Gasteiger charge is 2.17. The smallest absolute Gasteiger partial charge is 0.0587 e. The normalized spacial score (nSPS) is 14.2. The first-order valence-corrected chi connectivity index (χ1v) is 8.33. The van der Waals surface area contributed by atoms with Gasteiger partial charge in [0.2, 0.25) is 0 Å². The van der Waals surface area contributed by atoms with E-state index in [1.807, 2.05) is 11.3 Å². The molecule has 0 radical (unpaired) electrons. The van der Waals surface area contributed by atoms with Crippen molar-refractivity contribution >= 4 is 17.0 Å². The Morgan fingerprint density at radius 1 is 1.24 bits per heavy atom. The van der Waals surface area contributed by atoms with Crippen molar-refractivity contribution in [1.29, 1.82) is 0 Å². The number of thiophene rings is 1. The molecule has 112 valence electrons. The van der Waals surface area contributed by atoms with E-state index in [-0.39, 0.29) is 0 Å². The lowest BCUT2D eigenvalue weighted by Gasteiger charge is -2.29. The number of methoxy groups -OCH3 is 1. The van der Waals surface area contributed by atoms with Gasteiger partial charge < -0.3 is 15.0 Å². The van der Waals surface area contributed by atoms with Gasteiger partial charge in [0.15, 0.2) is 0 Å². The summed E-state index contributed by atoms with van der Waals surface area (Å²) < 4.78 is 5.03. The molecule has 0 fully saturated rings. The molecule has 1 aromatic heterocycles. The van der Waals surface area contributed by atoms with Crippen molar-refractivity contribution in [1.82, 2.24) is 5.32 Å². The van der Waals surface area contributed by atoms with Crippen LogP contribution in [0.3, 0.4) is 0 Å². The summed E-state index contributed by atoms with van der Waals surface area (Å²) in [6, 6.07) is 11.2. The highest BCUT2D eigenvalue weighted by molar-refractivity contribution is 7.10. The van der Waals surface area contributed by atoms with Crippen LogP contribution in [0.1, 0.15) is 16.0 Å². The molecular weight excluding hydrogens is 280 g/mol. The lowest BCUT2D eigenvalue weighted by molar-refractivity contribution is 0.199. The van der Waals surface area contributed by atoms with Crippen LogP contribution in [0.5, 0.6) is 0 Å². The maximum Gasteiger partial charge on any atom is 0.0587 e. The van der Waals surface area contributed by atoms with Gasteiger partial charge in [-0.1, -0.05) is 12.1 Å². The predicted octanol–water partition coefficient (Wildman–Crippen LogP) is 3.05. The number of hydrogen-bond donors (Lipinski definition) is 1. The first kappa shape index (κ1) is 14.6. The number of nitrogens with zero attached hydrogens (tertiary/aromatic N) is 1. The SMILES string of the molecule is COCCNCc1ccc(N2CCc3sccc3C2)cc1. The molecule has 0 saturated carbocycles. The standard InChI is InChI=1S/C17H22N2OS/c1-20-10-8-18-12-14-2-4-16(5-3-14)19-9-6-17-15(13-19)7-11-21-17/h2-5,7,11,18H,6,8-10,12-13H2,1H3. The van der Waals surface area contributed by atoms with Gasteiger partial charge in [-0.05, 0) is 41.1 Å². The number of benzene rings is 1. The van der Waals surface area contributed by atoms with Gasteiger partial charge >= 0.3 is 0 Å². The summed E-state index contributed by atoms with van der Waals surface area (Å²) in [5.74, 6) is 0. The molecule has 4 heteroatoms. The molecule has 1 aliphatic heterocycles. The fourth-order valence-corrected chi connectivity index (χ4v) is 3.59. The second kappa shape index (κ2) is 7.07. The minimum atomic E-state index is 0.759. The average molecular weight is 302 g/mol. The molecular formula is C17H22N2OS. The van der Waals surface area contributed by atoms with E-state index >= 15 is 0 Å². The van der Waals surface area contributed by atoms with Crippen LogP contribution in [0.4, 0.5) is 5.69 Å². The fourth-order valence-electron chi connectivity index (χ4n) is 2.70. The summed E-state index contributed by atoms with van der Waals surface area (Å²) in [4.78, 5) is 4.03. The van der Waals surface area contributed by atoms with E-state index < -0.39 is 0 Å².